The van der Waals surface area contributed by atoms with E-state index in [0.29, 0.717) is 0 Å². The van der Waals surface area contributed by atoms with Gasteiger partial charge in [-0.2, -0.15) is 0 Å². The van der Waals surface area contributed by atoms with E-state index in [1.54, 1.807) is 0 Å². The van der Waals surface area contributed by atoms with Crippen molar-refractivity contribution < 1.29 is 14.3 Å². The minimum absolute atomic E-state index is 0. The highest BCUT2D eigenvalue weighted by atomic mass is 35.5. The van der Waals surface area contributed by atoms with Crippen molar-refractivity contribution in [1.29, 1.82) is 0 Å². The lowest BCUT2D eigenvalue weighted by molar-refractivity contribution is -0.124. The number of nitrogens with zero attached hydrogens (tertiary/aromatic N) is 1. The van der Waals surface area contributed by atoms with Crippen molar-refractivity contribution in [2.75, 3.05) is 46.6 Å². The summed E-state index contributed by atoms with van der Waals surface area (Å²) >= 11 is 0. The second kappa shape index (κ2) is 12.5. The van der Waals surface area contributed by atoms with Gasteiger partial charge in [-0.3, -0.25) is 9.69 Å². The standard InChI is InChI=1S/C16H25N3O3.2ClH/c1-21-12-14(17)16(20)18-15(13-5-3-2-4-6-13)11-19-7-9-22-10-8-19;;/h2-6,14-15H,7-12,17H2,1H3,(H,18,20);2*1H. The van der Waals surface area contributed by atoms with Gasteiger partial charge in [0.1, 0.15) is 6.04 Å². The zero-order valence-electron chi connectivity index (χ0n) is 13.8. The van der Waals surface area contributed by atoms with Gasteiger partial charge in [0.05, 0.1) is 25.9 Å². The van der Waals surface area contributed by atoms with Gasteiger partial charge in [-0.25, -0.2) is 0 Å². The van der Waals surface area contributed by atoms with Crippen LogP contribution in [0.1, 0.15) is 11.6 Å². The third kappa shape index (κ3) is 7.34. The molecule has 0 radical (unpaired) electrons. The van der Waals surface area contributed by atoms with E-state index in [1.807, 2.05) is 30.3 Å². The summed E-state index contributed by atoms with van der Waals surface area (Å²) in [7, 11) is 1.54. The van der Waals surface area contributed by atoms with E-state index in [1.165, 1.54) is 7.11 Å². The Balaban J connectivity index is 0.00000264. The first-order valence-corrected chi connectivity index (χ1v) is 7.60. The molecule has 2 unspecified atom stereocenters. The number of hydrogen-bond acceptors (Lipinski definition) is 5. The fourth-order valence-electron chi connectivity index (χ4n) is 2.50. The predicted molar refractivity (Wildman–Crippen MR) is 98.9 cm³/mol. The molecule has 138 valence electrons. The van der Waals surface area contributed by atoms with Crippen molar-refractivity contribution in [3.05, 3.63) is 35.9 Å². The van der Waals surface area contributed by atoms with Crippen molar-refractivity contribution in [2.24, 2.45) is 5.73 Å². The van der Waals surface area contributed by atoms with Crippen molar-refractivity contribution in [3.63, 3.8) is 0 Å². The molecule has 1 fully saturated rings. The largest absolute Gasteiger partial charge is 0.383 e. The molecule has 1 heterocycles. The number of carbonyl (C=O) groups is 1. The number of nitrogens with two attached hydrogens (primary N) is 1. The monoisotopic (exact) mass is 379 g/mol. The molecule has 0 spiro atoms. The lowest BCUT2D eigenvalue weighted by Gasteiger charge is -2.31. The maximum atomic E-state index is 12.2. The first-order valence-electron chi connectivity index (χ1n) is 7.60. The highest BCUT2D eigenvalue weighted by Gasteiger charge is 2.22. The second-order valence-corrected chi connectivity index (χ2v) is 5.45. The summed E-state index contributed by atoms with van der Waals surface area (Å²) in [5.74, 6) is -0.191. The van der Waals surface area contributed by atoms with Gasteiger partial charge in [-0.15, -0.1) is 24.8 Å². The molecular formula is C16H27Cl2N3O3. The molecule has 24 heavy (non-hydrogen) atoms. The van der Waals surface area contributed by atoms with Crippen LogP contribution >= 0.6 is 24.8 Å². The first-order chi connectivity index (χ1) is 10.7. The zero-order chi connectivity index (χ0) is 15.8. The highest BCUT2D eigenvalue weighted by Crippen LogP contribution is 2.15. The van der Waals surface area contributed by atoms with Gasteiger partial charge in [0.15, 0.2) is 0 Å². The summed E-state index contributed by atoms with van der Waals surface area (Å²) in [4.78, 5) is 14.5. The summed E-state index contributed by atoms with van der Waals surface area (Å²) in [6.45, 7) is 4.19. The molecule has 2 rings (SSSR count). The van der Waals surface area contributed by atoms with E-state index in [2.05, 4.69) is 10.2 Å². The minimum atomic E-state index is -0.652. The molecule has 1 aliphatic heterocycles. The Hall–Kier alpha value is -0.890. The number of hydrogen-bond donors (Lipinski definition) is 2. The topological polar surface area (TPSA) is 76.8 Å². The quantitative estimate of drug-likeness (QED) is 0.738. The molecule has 0 saturated carbocycles. The molecule has 1 aliphatic rings. The smallest absolute Gasteiger partial charge is 0.239 e. The number of morpholine rings is 1. The van der Waals surface area contributed by atoms with Crippen LogP contribution in [-0.2, 0) is 14.3 Å². The van der Waals surface area contributed by atoms with Crippen molar-refractivity contribution in [2.45, 2.75) is 12.1 Å². The van der Waals surface area contributed by atoms with Crippen LogP contribution in [0.5, 0.6) is 0 Å². The van der Waals surface area contributed by atoms with E-state index < -0.39 is 6.04 Å². The predicted octanol–water partition coefficient (Wildman–Crippen LogP) is 0.993. The van der Waals surface area contributed by atoms with Crippen molar-refractivity contribution >= 4 is 30.7 Å². The third-order valence-corrected chi connectivity index (χ3v) is 3.75. The Morgan fingerprint density at radius 3 is 2.50 bits per heavy atom. The number of ether oxygens (including phenoxy) is 2. The van der Waals surface area contributed by atoms with Crippen LogP contribution in [-0.4, -0.2) is 63.4 Å². The van der Waals surface area contributed by atoms with Gasteiger partial charge < -0.3 is 20.5 Å². The van der Waals surface area contributed by atoms with Crippen molar-refractivity contribution in [3.8, 4) is 0 Å². The Kier molecular flexibility index (Phi) is 12.0. The summed E-state index contributed by atoms with van der Waals surface area (Å²) in [6.07, 6.45) is 0. The normalized spacial score (nSPS) is 17.1. The molecule has 0 aromatic heterocycles. The molecule has 1 saturated heterocycles. The Morgan fingerprint density at radius 1 is 1.29 bits per heavy atom. The van der Waals surface area contributed by atoms with Crippen LogP contribution in [0.15, 0.2) is 30.3 Å². The van der Waals surface area contributed by atoms with E-state index >= 15 is 0 Å². The summed E-state index contributed by atoms with van der Waals surface area (Å²) in [5, 5.41) is 3.04. The third-order valence-electron chi connectivity index (χ3n) is 3.75. The lowest BCUT2D eigenvalue weighted by atomic mass is 10.1. The van der Waals surface area contributed by atoms with Gasteiger partial charge in [0.25, 0.3) is 0 Å². The van der Waals surface area contributed by atoms with Crippen LogP contribution in [0.25, 0.3) is 0 Å². The number of halogens is 2. The van der Waals surface area contributed by atoms with Crippen LogP contribution < -0.4 is 11.1 Å². The molecule has 0 bridgehead atoms. The summed E-state index contributed by atoms with van der Waals surface area (Å²) < 4.78 is 10.3. The molecule has 8 heteroatoms. The molecule has 1 aromatic rings. The molecule has 3 N–H and O–H groups in total. The van der Waals surface area contributed by atoms with E-state index in [9.17, 15) is 4.79 Å². The Bertz CT molecular complexity index is 459. The van der Waals surface area contributed by atoms with Crippen LogP contribution in [0, 0.1) is 0 Å². The van der Waals surface area contributed by atoms with Gasteiger partial charge in [-0.05, 0) is 5.56 Å². The number of benzene rings is 1. The molecule has 2 atom stereocenters. The fourth-order valence-corrected chi connectivity index (χ4v) is 2.50. The number of amides is 1. The molecule has 1 aromatic carbocycles. The van der Waals surface area contributed by atoms with Gasteiger partial charge in [-0.1, -0.05) is 30.3 Å². The first kappa shape index (κ1) is 23.1. The minimum Gasteiger partial charge on any atom is -0.383 e. The molecule has 6 nitrogen and oxygen atoms in total. The summed E-state index contributed by atoms with van der Waals surface area (Å²) in [6, 6.07) is 9.22. The summed E-state index contributed by atoms with van der Waals surface area (Å²) in [5.41, 5.74) is 6.89. The lowest BCUT2D eigenvalue weighted by Crippen LogP contribution is -2.48. The maximum Gasteiger partial charge on any atom is 0.239 e. The maximum absolute atomic E-state index is 12.2. The number of rotatable bonds is 7. The number of nitrogens with one attached hydrogen (secondary N) is 1. The average Bonchev–Trinajstić information content (AvgIpc) is 2.56. The molecule has 1 amide bonds. The van der Waals surface area contributed by atoms with E-state index in [-0.39, 0.29) is 43.4 Å². The van der Waals surface area contributed by atoms with Crippen molar-refractivity contribution in [1.82, 2.24) is 10.2 Å². The highest BCUT2D eigenvalue weighted by molar-refractivity contribution is 5.85. The zero-order valence-corrected chi connectivity index (χ0v) is 15.5. The van der Waals surface area contributed by atoms with Gasteiger partial charge in [0.2, 0.25) is 5.91 Å². The van der Waals surface area contributed by atoms with Crippen LogP contribution in [0.2, 0.25) is 0 Å². The van der Waals surface area contributed by atoms with Crippen LogP contribution in [0.4, 0.5) is 0 Å². The number of methoxy groups -OCH3 is 1. The Morgan fingerprint density at radius 2 is 1.92 bits per heavy atom. The second-order valence-electron chi connectivity index (χ2n) is 5.45. The average molecular weight is 380 g/mol. The van der Waals surface area contributed by atoms with E-state index in [0.717, 1.165) is 38.4 Å². The SMILES string of the molecule is COCC(N)C(=O)NC(CN1CCOCC1)c1ccccc1.Cl.Cl. The molecule has 0 aliphatic carbocycles. The van der Waals surface area contributed by atoms with Crippen LogP contribution in [0.3, 0.4) is 0 Å². The fraction of sp³-hybridized carbons (Fsp3) is 0.562. The van der Waals surface area contributed by atoms with Gasteiger partial charge >= 0.3 is 0 Å². The van der Waals surface area contributed by atoms with E-state index in [4.69, 9.17) is 15.2 Å². The molecular weight excluding hydrogens is 353 g/mol. The van der Waals surface area contributed by atoms with Gasteiger partial charge in [0, 0.05) is 26.7 Å². The number of carbonyl (C=O) groups excluding carboxylic acids is 1. The Labute approximate surface area is 155 Å².